The van der Waals surface area contributed by atoms with Gasteiger partial charge in [-0.3, -0.25) is 4.79 Å². The molecular formula is C28H40N2O2. The van der Waals surface area contributed by atoms with Crippen LogP contribution in [0.25, 0.3) is 0 Å². The Kier molecular flexibility index (Phi) is 9.61. The lowest BCUT2D eigenvalue weighted by atomic mass is 9.90. The molecule has 1 aliphatic heterocycles. The SMILES string of the molecule is CCN(CCCC(=O)N1CCC(Cc2ccccc2)CC1)C(C)Cc1ccc(OC)cc1. The van der Waals surface area contributed by atoms with Gasteiger partial charge in [0.2, 0.25) is 5.91 Å². The van der Waals surface area contributed by atoms with E-state index in [0.717, 1.165) is 64.0 Å². The van der Waals surface area contributed by atoms with Gasteiger partial charge in [0, 0.05) is 25.6 Å². The van der Waals surface area contributed by atoms with E-state index in [4.69, 9.17) is 4.74 Å². The van der Waals surface area contributed by atoms with Gasteiger partial charge in [0.15, 0.2) is 0 Å². The minimum absolute atomic E-state index is 0.335. The Balaban J connectivity index is 1.36. The first-order valence-electron chi connectivity index (χ1n) is 12.3. The van der Waals surface area contributed by atoms with Gasteiger partial charge in [-0.1, -0.05) is 49.4 Å². The second-order valence-corrected chi connectivity index (χ2v) is 9.15. The number of amides is 1. The van der Waals surface area contributed by atoms with Crippen molar-refractivity contribution in [2.75, 3.05) is 33.3 Å². The molecule has 1 unspecified atom stereocenters. The van der Waals surface area contributed by atoms with Gasteiger partial charge in [0.05, 0.1) is 7.11 Å². The van der Waals surface area contributed by atoms with E-state index in [2.05, 4.69) is 66.1 Å². The van der Waals surface area contributed by atoms with Gasteiger partial charge < -0.3 is 14.5 Å². The number of piperidine rings is 1. The van der Waals surface area contributed by atoms with Crippen LogP contribution in [0.5, 0.6) is 5.75 Å². The Labute approximate surface area is 194 Å². The van der Waals surface area contributed by atoms with Crippen molar-refractivity contribution in [2.24, 2.45) is 5.92 Å². The van der Waals surface area contributed by atoms with Crippen LogP contribution in [0.15, 0.2) is 54.6 Å². The predicted octanol–water partition coefficient (Wildman–Crippen LogP) is 5.21. The Bertz CT molecular complexity index is 798. The Morgan fingerprint density at radius 3 is 2.38 bits per heavy atom. The average Bonchev–Trinajstić information content (AvgIpc) is 2.83. The lowest BCUT2D eigenvalue weighted by Crippen LogP contribution is -2.40. The number of nitrogens with zero attached hydrogens (tertiary/aromatic N) is 2. The van der Waals surface area contributed by atoms with E-state index in [9.17, 15) is 4.79 Å². The topological polar surface area (TPSA) is 32.8 Å². The average molecular weight is 437 g/mol. The van der Waals surface area contributed by atoms with Crippen LogP contribution in [0, 0.1) is 5.92 Å². The summed E-state index contributed by atoms with van der Waals surface area (Å²) in [4.78, 5) is 17.3. The molecule has 1 saturated heterocycles. The summed E-state index contributed by atoms with van der Waals surface area (Å²) in [5.74, 6) is 1.94. The Morgan fingerprint density at radius 1 is 1.06 bits per heavy atom. The summed E-state index contributed by atoms with van der Waals surface area (Å²) in [6.07, 6.45) is 6.00. The van der Waals surface area contributed by atoms with E-state index in [1.165, 1.54) is 11.1 Å². The summed E-state index contributed by atoms with van der Waals surface area (Å²) < 4.78 is 5.25. The fourth-order valence-electron chi connectivity index (χ4n) is 4.85. The highest BCUT2D eigenvalue weighted by Crippen LogP contribution is 2.22. The molecule has 0 aromatic heterocycles. The third-order valence-corrected chi connectivity index (χ3v) is 6.89. The number of hydrogen-bond donors (Lipinski definition) is 0. The van der Waals surface area contributed by atoms with Crippen LogP contribution in [0.3, 0.4) is 0 Å². The highest BCUT2D eigenvalue weighted by atomic mass is 16.5. The first kappa shape index (κ1) is 24.3. The Morgan fingerprint density at radius 2 is 1.75 bits per heavy atom. The van der Waals surface area contributed by atoms with E-state index in [1.807, 2.05) is 12.1 Å². The van der Waals surface area contributed by atoms with Crippen LogP contribution in [0.2, 0.25) is 0 Å². The van der Waals surface area contributed by atoms with E-state index in [0.29, 0.717) is 24.3 Å². The Hall–Kier alpha value is -2.33. The molecule has 4 nitrogen and oxygen atoms in total. The molecule has 1 heterocycles. The van der Waals surface area contributed by atoms with Gasteiger partial charge in [-0.15, -0.1) is 0 Å². The molecule has 3 rings (SSSR count). The molecule has 174 valence electrons. The number of benzene rings is 2. The zero-order valence-electron chi connectivity index (χ0n) is 20.1. The van der Waals surface area contributed by atoms with E-state index in [-0.39, 0.29) is 0 Å². The zero-order valence-corrected chi connectivity index (χ0v) is 20.1. The maximum absolute atomic E-state index is 12.7. The quantitative estimate of drug-likeness (QED) is 0.485. The maximum atomic E-state index is 12.7. The fourth-order valence-corrected chi connectivity index (χ4v) is 4.85. The summed E-state index contributed by atoms with van der Waals surface area (Å²) in [6.45, 7) is 8.32. The lowest BCUT2D eigenvalue weighted by molar-refractivity contribution is -0.132. The van der Waals surface area contributed by atoms with Crippen molar-refractivity contribution in [1.29, 1.82) is 0 Å². The van der Waals surface area contributed by atoms with Gasteiger partial charge in [-0.25, -0.2) is 0 Å². The van der Waals surface area contributed by atoms with Crippen molar-refractivity contribution in [3.8, 4) is 5.75 Å². The summed E-state index contributed by atoms with van der Waals surface area (Å²) >= 11 is 0. The van der Waals surface area contributed by atoms with Gasteiger partial charge in [-0.2, -0.15) is 0 Å². The molecule has 0 N–H and O–H groups in total. The molecule has 0 spiro atoms. The van der Waals surface area contributed by atoms with Crippen LogP contribution in [-0.4, -0.2) is 55.0 Å². The second-order valence-electron chi connectivity index (χ2n) is 9.15. The van der Waals surface area contributed by atoms with Crippen LogP contribution < -0.4 is 4.74 Å². The first-order valence-corrected chi connectivity index (χ1v) is 12.3. The van der Waals surface area contributed by atoms with Crippen LogP contribution in [0.4, 0.5) is 0 Å². The number of ether oxygens (including phenoxy) is 1. The summed E-state index contributed by atoms with van der Waals surface area (Å²) in [5.41, 5.74) is 2.74. The normalized spacial score (nSPS) is 15.7. The first-order chi connectivity index (χ1) is 15.6. The molecule has 0 saturated carbocycles. The second kappa shape index (κ2) is 12.6. The van der Waals surface area contributed by atoms with Crippen molar-refractivity contribution in [3.63, 3.8) is 0 Å². The van der Waals surface area contributed by atoms with Crippen molar-refractivity contribution in [1.82, 2.24) is 9.80 Å². The number of carbonyl (C=O) groups excluding carboxylic acids is 1. The summed E-state index contributed by atoms with van der Waals surface area (Å²) in [6, 6.07) is 19.5. The number of methoxy groups -OCH3 is 1. The number of rotatable bonds is 11. The summed E-state index contributed by atoms with van der Waals surface area (Å²) in [7, 11) is 1.70. The van der Waals surface area contributed by atoms with E-state index < -0.39 is 0 Å². The summed E-state index contributed by atoms with van der Waals surface area (Å²) in [5, 5.41) is 0. The van der Waals surface area contributed by atoms with Crippen molar-refractivity contribution in [2.45, 2.75) is 58.4 Å². The monoisotopic (exact) mass is 436 g/mol. The van der Waals surface area contributed by atoms with Crippen molar-refractivity contribution < 1.29 is 9.53 Å². The van der Waals surface area contributed by atoms with Crippen LogP contribution in [0.1, 0.15) is 50.7 Å². The van der Waals surface area contributed by atoms with Crippen molar-refractivity contribution in [3.05, 3.63) is 65.7 Å². The van der Waals surface area contributed by atoms with E-state index >= 15 is 0 Å². The molecule has 1 aliphatic rings. The van der Waals surface area contributed by atoms with Crippen molar-refractivity contribution >= 4 is 5.91 Å². The highest BCUT2D eigenvalue weighted by Gasteiger charge is 2.23. The highest BCUT2D eigenvalue weighted by molar-refractivity contribution is 5.76. The zero-order chi connectivity index (χ0) is 22.8. The molecule has 32 heavy (non-hydrogen) atoms. The molecular weight excluding hydrogens is 396 g/mol. The molecule has 0 radical (unpaired) electrons. The van der Waals surface area contributed by atoms with Crippen LogP contribution >= 0.6 is 0 Å². The minimum Gasteiger partial charge on any atom is -0.497 e. The molecule has 1 amide bonds. The molecule has 4 heteroatoms. The minimum atomic E-state index is 0.335. The lowest BCUT2D eigenvalue weighted by Gasteiger charge is -2.33. The van der Waals surface area contributed by atoms with Gasteiger partial charge in [-0.05, 0) is 81.3 Å². The molecule has 1 fully saturated rings. The fraction of sp³-hybridized carbons (Fsp3) is 0.536. The third kappa shape index (κ3) is 7.37. The molecule has 2 aromatic carbocycles. The van der Waals surface area contributed by atoms with E-state index in [1.54, 1.807) is 7.11 Å². The number of hydrogen-bond acceptors (Lipinski definition) is 3. The van der Waals surface area contributed by atoms with Gasteiger partial charge >= 0.3 is 0 Å². The molecule has 0 bridgehead atoms. The standard InChI is InChI=1S/C28H40N2O2/c1-4-29(23(2)21-25-12-14-27(32-3)15-13-25)18-8-11-28(31)30-19-16-26(17-20-30)22-24-9-6-5-7-10-24/h5-7,9-10,12-15,23,26H,4,8,11,16-22H2,1-3H3. The molecule has 0 aliphatic carbocycles. The largest absolute Gasteiger partial charge is 0.497 e. The maximum Gasteiger partial charge on any atom is 0.222 e. The number of carbonyl (C=O) groups is 1. The number of likely N-dealkylation sites (tertiary alicyclic amines) is 1. The predicted molar refractivity (Wildman–Crippen MR) is 132 cm³/mol. The molecule has 1 atom stereocenters. The third-order valence-electron chi connectivity index (χ3n) is 6.89. The molecule has 2 aromatic rings. The smallest absolute Gasteiger partial charge is 0.222 e. The van der Waals surface area contributed by atoms with Gasteiger partial charge in [0.25, 0.3) is 0 Å². The van der Waals surface area contributed by atoms with Crippen LogP contribution in [-0.2, 0) is 17.6 Å². The van der Waals surface area contributed by atoms with Gasteiger partial charge in [0.1, 0.15) is 5.75 Å². The number of likely N-dealkylation sites (N-methyl/N-ethyl adjacent to an activating group) is 1.